The summed E-state index contributed by atoms with van der Waals surface area (Å²) in [6.07, 6.45) is 0. The average molecular weight is 871 g/mol. The maximum atomic E-state index is 2.45. The molecule has 0 N–H and O–H groups in total. The van der Waals surface area contributed by atoms with Crippen molar-refractivity contribution in [2.45, 2.75) is 0 Å². The average Bonchev–Trinajstić information content (AvgIpc) is 3.97. The molecule has 0 saturated heterocycles. The van der Waals surface area contributed by atoms with Gasteiger partial charge in [0, 0.05) is 48.0 Å². The molecule has 0 fully saturated rings. The lowest BCUT2D eigenvalue weighted by Gasteiger charge is -2.27. The molecule has 67 heavy (non-hydrogen) atoms. The summed E-state index contributed by atoms with van der Waals surface area (Å²) in [4.78, 5) is 2.45. The van der Waals surface area contributed by atoms with Crippen LogP contribution in [0.25, 0.3) is 103 Å². The number of hydrogen-bond acceptors (Lipinski definition) is 2. The van der Waals surface area contributed by atoms with Gasteiger partial charge in [0.05, 0.1) is 16.7 Å². The molecule has 0 bridgehead atoms. The maximum Gasteiger partial charge on any atom is 0.0555 e. The minimum atomic E-state index is 1.09. The number of benzene rings is 11. The van der Waals surface area contributed by atoms with E-state index in [0.29, 0.717) is 0 Å². The highest BCUT2D eigenvalue weighted by molar-refractivity contribution is 7.26. The van der Waals surface area contributed by atoms with Crippen molar-refractivity contribution in [2.75, 3.05) is 4.90 Å². The molecule has 0 saturated carbocycles. The minimum absolute atomic E-state index is 1.09. The quantitative estimate of drug-likeness (QED) is 0.148. The predicted molar refractivity (Wildman–Crippen MR) is 288 cm³/mol. The monoisotopic (exact) mass is 870 g/mol. The molecule has 0 amide bonds. The summed E-state index contributed by atoms with van der Waals surface area (Å²) in [5, 5.41) is 7.52. The van der Waals surface area contributed by atoms with Gasteiger partial charge in [0.25, 0.3) is 0 Å². The SMILES string of the molecule is c1ccc(-c2ccc(N(c3ccc(-c4ccc5ccccc5c4)cc3)c3ccc(-c4ccccc4-c4cccc5c4c4ccccc4n5-c4ccccc4)cc3)c3c2sc2ccccc23)cc1. The van der Waals surface area contributed by atoms with Crippen molar-refractivity contribution in [3.63, 3.8) is 0 Å². The summed E-state index contributed by atoms with van der Waals surface area (Å²) >= 11 is 1.88. The Balaban J connectivity index is 0.968. The molecule has 314 valence electrons. The standard InChI is InChI=1S/C64H42N2S/c1-3-17-45(18-4-1)53-40-41-60(63-57-25-12-14-29-61(57)67-64(53)63)65(50-36-32-44(33-37-50)48-31-30-43-16-7-8-19-47(43)42-48)51-38-34-46(35-39-51)52-22-9-10-23-54(52)55-26-15-28-59-62(55)56-24-11-13-27-58(56)66(59)49-20-5-2-6-21-49/h1-42H. The number of rotatable bonds is 8. The second-order valence-corrected chi connectivity index (χ2v) is 18.3. The summed E-state index contributed by atoms with van der Waals surface area (Å²) in [7, 11) is 0. The highest BCUT2D eigenvalue weighted by Crippen LogP contribution is 2.49. The van der Waals surface area contributed by atoms with Crippen LogP contribution < -0.4 is 4.90 Å². The first-order chi connectivity index (χ1) is 33.2. The van der Waals surface area contributed by atoms with Crippen LogP contribution in [0.1, 0.15) is 0 Å². The van der Waals surface area contributed by atoms with Gasteiger partial charge in [-0.15, -0.1) is 11.3 Å². The smallest absolute Gasteiger partial charge is 0.0555 e. The number of para-hydroxylation sites is 2. The third-order valence-electron chi connectivity index (χ3n) is 13.4. The normalized spacial score (nSPS) is 11.6. The first-order valence-electron chi connectivity index (χ1n) is 22.9. The number of thiophene rings is 1. The van der Waals surface area contributed by atoms with E-state index in [2.05, 4.69) is 264 Å². The summed E-state index contributed by atoms with van der Waals surface area (Å²) in [5.41, 5.74) is 16.6. The van der Waals surface area contributed by atoms with Gasteiger partial charge in [0.2, 0.25) is 0 Å². The fourth-order valence-corrected chi connectivity index (χ4v) is 11.6. The Morgan fingerprint density at radius 2 is 0.910 bits per heavy atom. The van der Waals surface area contributed by atoms with Gasteiger partial charge in [0.15, 0.2) is 0 Å². The van der Waals surface area contributed by atoms with Crippen LogP contribution >= 0.6 is 11.3 Å². The summed E-state index contributed by atoms with van der Waals surface area (Å²) in [6.45, 7) is 0. The van der Waals surface area contributed by atoms with E-state index in [0.717, 1.165) is 22.7 Å². The van der Waals surface area contributed by atoms with Crippen LogP contribution in [0.3, 0.4) is 0 Å². The van der Waals surface area contributed by atoms with Crippen molar-refractivity contribution in [1.29, 1.82) is 0 Å². The fraction of sp³-hybridized carbons (Fsp3) is 0. The van der Waals surface area contributed by atoms with Gasteiger partial charge >= 0.3 is 0 Å². The topological polar surface area (TPSA) is 8.17 Å². The molecule has 13 aromatic rings. The third-order valence-corrected chi connectivity index (χ3v) is 14.6. The third kappa shape index (κ3) is 6.63. The molecular weight excluding hydrogens is 829 g/mol. The second kappa shape index (κ2) is 16.2. The van der Waals surface area contributed by atoms with E-state index in [1.165, 1.54) is 97.3 Å². The molecule has 0 aliphatic heterocycles. The molecule has 2 heterocycles. The molecule has 2 nitrogen and oxygen atoms in total. The number of aromatic nitrogens is 1. The number of fused-ring (bicyclic) bond motifs is 7. The van der Waals surface area contributed by atoms with Gasteiger partial charge in [-0.3, -0.25) is 0 Å². The Hall–Kier alpha value is -8.50. The molecule has 11 aromatic carbocycles. The first kappa shape index (κ1) is 38.9. The van der Waals surface area contributed by atoms with E-state index in [-0.39, 0.29) is 0 Å². The lowest BCUT2D eigenvalue weighted by atomic mass is 9.92. The van der Waals surface area contributed by atoms with Crippen molar-refractivity contribution in [3.05, 3.63) is 255 Å². The molecule has 3 heteroatoms. The zero-order valence-corrected chi connectivity index (χ0v) is 37.4. The van der Waals surface area contributed by atoms with E-state index in [1.54, 1.807) is 0 Å². The highest BCUT2D eigenvalue weighted by atomic mass is 32.1. The number of hydrogen-bond donors (Lipinski definition) is 0. The zero-order valence-electron chi connectivity index (χ0n) is 36.6. The fourth-order valence-electron chi connectivity index (χ4n) is 10.3. The highest BCUT2D eigenvalue weighted by Gasteiger charge is 2.22. The Bertz CT molecular complexity index is 3960. The van der Waals surface area contributed by atoms with E-state index in [1.807, 2.05) is 11.3 Å². The largest absolute Gasteiger partial charge is 0.310 e. The minimum Gasteiger partial charge on any atom is -0.310 e. The second-order valence-electron chi connectivity index (χ2n) is 17.2. The van der Waals surface area contributed by atoms with Gasteiger partial charge in [-0.1, -0.05) is 188 Å². The molecule has 0 spiro atoms. The predicted octanol–water partition coefficient (Wildman–Crippen LogP) is 18.4. The molecular formula is C64H42N2S. The van der Waals surface area contributed by atoms with Crippen LogP contribution in [0, 0.1) is 0 Å². The van der Waals surface area contributed by atoms with Crippen molar-refractivity contribution in [2.24, 2.45) is 0 Å². The van der Waals surface area contributed by atoms with Gasteiger partial charge in [-0.2, -0.15) is 0 Å². The number of anilines is 3. The van der Waals surface area contributed by atoms with Gasteiger partial charge in [-0.25, -0.2) is 0 Å². The molecule has 0 unspecified atom stereocenters. The van der Waals surface area contributed by atoms with Crippen LogP contribution in [-0.4, -0.2) is 4.57 Å². The Kier molecular flexibility index (Phi) is 9.40. The van der Waals surface area contributed by atoms with Crippen molar-refractivity contribution >= 4 is 81.1 Å². The molecule has 0 atom stereocenters. The van der Waals surface area contributed by atoms with Crippen LogP contribution in [0.15, 0.2) is 255 Å². The lowest BCUT2D eigenvalue weighted by Crippen LogP contribution is -2.10. The van der Waals surface area contributed by atoms with E-state index in [9.17, 15) is 0 Å². The van der Waals surface area contributed by atoms with Gasteiger partial charge < -0.3 is 9.47 Å². The Morgan fingerprint density at radius 3 is 1.70 bits per heavy atom. The van der Waals surface area contributed by atoms with Crippen molar-refractivity contribution < 1.29 is 0 Å². The lowest BCUT2D eigenvalue weighted by molar-refractivity contribution is 1.18. The summed E-state index contributed by atoms with van der Waals surface area (Å²) in [5.74, 6) is 0. The maximum absolute atomic E-state index is 2.45. The van der Waals surface area contributed by atoms with E-state index >= 15 is 0 Å². The first-order valence-corrected chi connectivity index (χ1v) is 23.7. The summed E-state index contributed by atoms with van der Waals surface area (Å²) in [6, 6.07) is 93.1. The molecule has 2 aromatic heterocycles. The summed E-state index contributed by atoms with van der Waals surface area (Å²) < 4.78 is 4.97. The molecule has 13 rings (SSSR count). The van der Waals surface area contributed by atoms with E-state index < -0.39 is 0 Å². The molecule has 0 aliphatic carbocycles. The molecule has 0 radical (unpaired) electrons. The van der Waals surface area contributed by atoms with Crippen LogP contribution in [0.2, 0.25) is 0 Å². The van der Waals surface area contributed by atoms with Gasteiger partial charge in [-0.05, 0) is 122 Å². The van der Waals surface area contributed by atoms with Crippen molar-refractivity contribution in [1.82, 2.24) is 4.57 Å². The zero-order chi connectivity index (χ0) is 44.3. The molecule has 0 aliphatic rings. The Morgan fingerprint density at radius 1 is 0.328 bits per heavy atom. The van der Waals surface area contributed by atoms with Crippen LogP contribution in [-0.2, 0) is 0 Å². The van der Waals surface area contributed by atoms with Gasteiger partial charge in [0.1, 0.15) is 0 Å². The van der Waals surface area contributed by atoms with Crippen LogP contribution in [0.4, 0.5) is 17.1 Å². The number of nitrogens with zero attached hydrogens (tertiary/aromatic N) is 2. The van der Waals surface area contributed by atoms with E-state index in [4.69, 9.17) is 0 Å². The Labute approximate surface area is 393 Å². The van der Waals surface area contributed by atoms with Crippen molar-refractivity contribution in [3.8, 4) is 50.2 Å². The van der Waals surface area contributed by atoms with Crippen LogP contribution in [0.5, 0.6) is 0 Å².